The van der Waals surface area contributed by atoms with E-state index in [9.17, 15) is 4.79 Å². The SMILES string of the molecule is O=C(CSc1ncnc2scc(-c3ccc(Cl)cc3)c12)Nc1ccc2c(c1)OCO2. The molecule has 1 aliphatic heterocycles. The van der Waals surface area contributed by atoms with Gasteiger partial charge in [-0.25, -0.2) is 9.97 Å². The number of halogens is 1. The second-order valence-corrected chi connectivity index (χ2v) is 8.68. The zero-order chi connectivity index (χ0) is 20.5. The lowest BCUT2D eigenvalue weighted by Crippen LogP contribution is -2.14. The lowest BCUT2D eigenvalue weighted by atomic mass is 10.1. The van der Waals surface area contributed by atoms with Gasteiger partial charge in [0.2, 0.25) is 12.7 Å². The van der Waals surface area contributed by atoms with Crippen molar-refractivity contribution in [1.29, 1.82) is 0 Å². The van der Waals surface area contributed by atoms with E-state index in [0.717, 1.165) is 26.4 Å². The molecule has 0 bridgehead atoms. The molecule has 150 valence electrons. The normalized spacial score (nSPS) is 12.3. The molecule has 1 amide bonds. The highest BCUT2D eigenvalue weighted by Gasteiger charge is 2.16. The summed E-state index contributed by atoms with van der Waals surface area (Å²) < 4.78 is 10.6. The quantitative estimate of drug-likeness (QED) is 0.317. The maximum atomic E-state index is 12.5. The van der Waals surface area contributed by atoms with Crippen molar-refractivity contribution in [3.8, 4) is 22.6 Å². The average Bonchev–Trinajstić information content (AvgIpc) is 3.40. The first kappa shape index (κ1) is 19.2. The Bertz CT molecular complexity index is 1240. The van der Waals surface area contributed by atoms with Crippen LogP contribution >= 0.6 is 34.7 Å². The number of anilines is 1. The summed E-state index contributed by atoms with van der Waals surface area (Å²) in [6.07, 6.45) is 1.53. The first-order valence-electron chi connectivity index (χ1n) is 8.98. The summed E-state index contributed by atoms with van der Waals surface area (Å²) >= 11 is 8.95. The standard InChI is InChI=1S/C21H14ClN3O3S2/c22-13-3-1-12(2-4-13)15-8-29-20-19(15)21(24-10-23-20)30-9-18(26)25-14-5-6-16-17(7-14)28-11-27-16/h1-8,10H,9,11H2,(H,25,26). The number of carbonyl (C=O) groups is 1. The van der Waals surface area contributed by atoms with Crippen LogP contribution in [-0.4, -0.2) is 28.4 Å². The number of hydrogen-bond donors (Lipinski definition) is 1. The number of amides is 1. The average molecular weight is 456 g/mol. The monoisotopic (exact) mass is 455 g/mol. The molecule has 0 aliphatic carbocycles. The van der Waals surface area contributed by atoms with E-state index >= 15 is 0 Å². The van der Waals surface area contributed by atoms with Crippen LogP contribution in [0.2, 0.25) is 5.02 Å². The lowest BCUT2D eigenvalue weighted by molar-refractivity contribution is -0.113. The molecule has 2 aromatic heterocycles. The van der Waals surface area contributed by atoms with Gasteiger partial charge in [-0.1, -0.05) is 35.5 Å². The molecule has 2 aromatic carbocycles. The van der Waals surface area contributed by atoms with Crippen LogP contribution in [0.3, 0.4) is 0 Å². The van der Waals surface area contributed by atoms with Gasteiger partial charge in [0.1, 0.15) is 16.2 Å². The van der Waals surface area contributed by atoms with Gasteiger partial charge in [-0.3, -0.25) is 4.79 Å². The zero-order valence-electron chi connectivity index (χ0n) is 15.4. The van der Waals surface area contributed by atoms with Gasteiger partial charge in [-0.05, 0) is 29.8 Å². The van der Waals surface area contributed by atoms with Crippen molar-refractivity contribution in [2.75, 3.05) is 17.9 Å². The number of ether oxygens (including phenoxy) is 2. The van der Waals surface area contributed by atoms with Crippen LogP contribution in [0.15, 0.2) is 59.2 Å². The summed E-state index contributed by atoms with van der Waals surface area (Å²) in [6.45, 7) is 0.197. The number of rotatable bonds is 5. The van der Waals surface area contributed by atoms with Crippen molar-refractivity contribution in [3.63, 3.8) is 0 Å². The highest BCUT2D eigenvalue weighted by Crippen LogP contribution is 2.38. The van der Waals surface area contributed by atoms with Gasteiger partial charge in [0.15, 0.2) is 11.5 Å². The van der Waals surface area contributed by atoms with E-state index in [1.54, 1.807) is 29.5 Å². The van der Waals surface area contributed by atoms with Gasteiger partial charge >= 0.3 is 0 Å². The van der Waals surface area contributed by atoms with Gasteiger partial charge in [-0.15, -0.1) is 11.3 Å². The molecule has 6 nitrogen and oxygen atoms in total. The van der Waals surface area contributed by atoms with Crippen LogP contribution in [-0.2, 0) is 4.79 Å². The minimum absolute atomic E-state index is 0.131. The molecule has 1 N–H and O–H groups in total. The summed E-state index contributed by atoms with van der Waals surface area (Å²) in [4.78, 5) is 22.2. The molecule has 0 fully saturated rings. The number of thioether (sulfide) groups is 1. The Balaban J connectivity index is 1.34. The largest absolute Gasteiger partial charge is 0.454 e. The third-order valence-electron chi connectivity index (χ3n) is 4.49. The third kappa shape index (κ3) is 3.81. The van der Waals surface area contributed by atoms with E-state index in [1.165, 1.54) is 18.1 Å². The molecule has 3 heterocycles. The molecule has 0 spiro atoms. The number of hydrogen-bond acceptors (Lipinski definition) is 7. The fourth-order valence-corrected chi connectivity index (χ4v) is 5.02. The number of nitrogens with zero attached hydrogens (tertiary/aromatic N) is 2. The molecule has 5 rings (SSSR count). The van der Waals surface area contributed by atoms with Crippen LogP contribution in [0.4, 0.5) is 5.69 Å². The number of nitrogens with one attached hydrogen (secondary N) is 1. The van der Waals surface area contributed by atoms with Crippen molar-refractivity contribution < 1.29 is 14.3 Å². The fraction of sp³-hybridized carbons (Fsp3) is 0.0952. The van der Waals surface area contributed by atoms with E-state index in [1.807, 2.05) is 24.3 Å². The molecular formula is C21H14ClN3O3S2. The second kappa shape index (κ2) is 8.14. The predicted molar refractivity (Wildman–Crippen MR) is 120 cm³/mol. The van der Waals surface area contributed by atoms with Crippen molar-refractivity contribution in [3.05, 3.63) is 59.2 Å². The van der Waals surface area contributed by atoms with Crippen molar-refractivity contribution in [2.24, 2.45) is 0 Å². The van der Waals surface area contributed by atoms with E-state index in [2.05, 4.69) is 20.7 Å². The second-order valence-electron chi connectivity index (χ2n) is 6.42. The maximum Gasteiger partial charge on any atom is 0.234 e. The van der Waals surface area contributed by atoms with Crippen molar-refractivity contribution in [1.82, 2.24) is 9.97 Å². The van der Waals surface area contributed by atoms with Gasteiger partial charge < -0.3 is 14.8 Å². The molecule has 30 heavy (non-hydrogen) atoms. The maximum absolute atomic E-state index is 12.5. The van der Waals surface area contributed by atoms with Gasteiger partial charge in [0, 0.05) is 27.7 Å². The van der Waals surface area contributed by atoms with Crippen LogP contribution in [0.1, 0.15) is 0 Å². The van der Waals surface area contributed by atoms with Crippen LogP contribution < -0.4 is 14.8 Å². The topological polar surface area (TPSA) is 73.3 Å². The molecule has 9 heteroatoms. The summed E-state index contributed by atoms with van der Waals surface area (Å²) in [5.74, 6) is 1.40. The predicted octanol–water partition coefficient (Wildman–Crippen LogP) is 5.47. The van der Waals surface area contributed by atoms with E-state index in [-0.39, 0.29) is 18.5 Å². The Morgan fingerprint density at radius 1 is 1.13 bits per heavy atom. The molecule has 4 aromatic rings. The number of benzene rings is 2. The summed E-state index contributed by atoms with van der Waals surface area (Å²) in [6, 6.07) is 13.0. The number of fused-ring (bicyclic) bond motifs is 2. The smallest absolute Gasteiger partial charge is 0.234 e. The Morgan fingerprint density at radius 3 is 2.83 bits per heavy atom. The first-order chi connectivity index (χ1) is 14.7. The van der Waals surface area contributed by atoms with Crippen LogP contribution in [0.25, 0.3) is 21.3 Å². The minimum Gasteiger partial charge on any atom is -0.454 e. The highest BCUT2D eigenvalue weighted by atomic mass is 35.5. The Kier molecular flexibility index (Phi) is 5.20. The summed E-state index contributed by atoms with van der Waals surface area (Å²) in [7, 11) is 0. The summed E-state index contributed by atoms with van der Waals surface area (Å²) in [5, 5.41) is 7.35. The first-order valence-corrected chi connectivity index (χ1v) is 11.2. The Morgan fingerprint density at radius 2 is 1.97 bits per heavy atom. The molecule has 0 atom stereocenters. The van der Waals surface area contributed by atoms with Gasteiger partial charge in [-0.2, -0.15) is 0 Å². The van der Waals surface area contributed by atoms with E-state index in [4.69, 9.17) is 21.1 Å². The highest BCUT2D eigenvalue weighted by molar-refractivity contribution is 8.00. The summed E-state index contributed by atoms with van der Waals surface area (Å²) in [5.41, 5.74) is 2.73. The van der Waals surface area contributed by atoms with Crippen molar-refractivity contribution >= 4 is 56.5 Å². The van der Waals surface area contributed by atoms with E-state index < -0.39 is 0 Å². The molecular weight excluding hydrogens is 442 g/mol. The van der Waals surface area contributed by atoms with Crippen LogP contribution in [0, 0.1) is 0 Å². The number of carbonyl (C=O) groups excluding carboxylic acids is 1. The van der Waals surface area contributed by atoms with E-state index in [0.29, 0.717) is 22.2 Å². The molecule has 1 aliphatic rings. The Hall–Kier alpha value is -2.81. The lowest BCUT2D eigenvalue weighted by Gasteiger charge is -2.07. The Labute approximate surface area is 185 Å². The molecule has 0 saturated carbocycles. The number of aromatic nitrogens is 2. The third-order valence-corrected chi connectivity index (χ3v) is 6.61. The fourth-order valence-electron chi connectivity index (χ4n) is 3.10. The molecule has 0 unspecified atom stereocenters. The van der Waals surface area contributed by atoms with Crippen LogP contribution in [0.5, 0.6) is 11.5 Å². The zero-order valence-corrected chi connectivity index (χ0v) is 17.8. The number of thiophene rings is 1. The van der Waals surface area contributed by atoms with Gasteiger partial charge in [0.25, 0.3) is 0 Å². The minimum atomic E-state index is -0.131. The molecule has 0 radical (unpaired) electrons. The molecule has 0 saturated heterocycles. The van der Waals surface area contributed by atoms with Gasteiger partial charge in [0.05, 0.1) is 11.1 Å². The van der Waals surface area contributed by atoms with Crippen molar-refractivity contribution in [2.45, 2.75) is 5.03 Å².